The Bertz CT molecular complexity index is 302. The van der Waals surface area contributed by atoms with Crippen molar-refractivity contribution in [2.45, 2.75) is 32.4 Å². The molecular formula is C11H15N3. The van der Waals surface area contributed by atoms with Crippen molar-refractivity contribution in [3.63, 3.8) is 0 Å². The van der Waals surface area contributed by atoms with Gasteiger partial charge in [-0.1, -0.05) is 6.92 Å². The second-order valence-electron chi connectivity index (χ2n) is 3.26. The number of pyridine rings is 1. The maximum atomic E-state index is 8.80. The fraction of sp³-hybridized carbons (Fsp3) is 0.455. The predicted molar refractivity (Wildman–Crippen MR) is 55.5 cm³/mol. The van der Waals surface area contributed by atoms with Crippen molar-refractivity contribution in [3.05, 3.63) is 30.1 Å². The molecule has 14 heavy (non-hydrogen) atoms. The minimum absolute atomic E-state index is 0.0711. The molecule has 0 saturated carbocycles. The van der Waals surface area contributed by atoms with Crippen molar-refractivity contribution in [3.8, 4) is 6.07 Å². The van der Waals surface area contributed by atoms with E-state index in [9.17, 15) is 0 Å². The fourth-order valence-corrected chi connectivity index (χ4v) is 1.30. The summed E-state index contributed by atoms with van der Waals surface area (Å²) in [6, 6.07) is 6.27. The molecule has 1 unspecified atom stereocenters. The van der Waals surface area contributed by atoms with E-state index in [0.717, 1.165) is 12.0 Å². The van der Waals surface area contributed by atoms with Gasteiger partial charge >= 0.3 is 0 Å². The number of nitrogens with zero attached hydrogens (tertiary/aromatic N) is 2. The van der Waals surface area contributed by atoms with Gasteiger partial charge in [0.15, 0.2) is 0 Å². The molecule has 3 heteroatoms. The van der Waals surface area contributed by atoms with Gasteiger partial charge in [0.05, 0.1) is 12.1 Å². The van der Waals surface area contributed by atoms with Gasteiger partial charge in [-0.15, -0.1) is 0 Å². The third kappa shape index (κ3) is 2.82. The smallest absolute Gasteiger partial charge is 0.0954 e. The standard InChI is InChI=1S/C11H15N3/c1-3-11(8-12)14-9(2)10-4-6-13-7-5-10/h4-7,9,11,14H,3H2,1-2H3/t9-,11?/m0/s1. The number of rotatable bonds is 4. The SMILES string of the molecule is CCC(C#N)N[C@@H](C)c1ccncc1. The minimum Gasteiger partial charge on any atom is -0.295 e. The largest absolute Gasteiger partial charge is 0.295 e. The Morgan fingerprint density at radius 1 is 1.50 bits per heavy atom. The molecule has 1 aromatic rings. The van der Waals surface area contributed by atoms with E-state index in [1.165, 1.54) is 0 Å². The normalized spacial score (nSPS) is 14.4. The van der Waals surface area contributed by atoms with Crippen LogP contribution in [0.15, 0.2) is 24.5 Å². The second-order valence-corrected chi connectivity index (χ2v) is 3.26. The van der Waals surface area contributed by atoms with Crippen LogP contribution in [-0.2, 0) is 0 Å². The molecule has 1 heterocycles. The van der Waals surface area contributed by atoms with Crippen molar-refractivity contribution in [2.75, 3.05) is 0 Å². The van der Waals surface area contributed by atoms with Gasteiger partial charge in [-0.3, -0.25) is 10.3 Å². The molecule has 1 rings (SSSR count). The van der Waals surface area contributed by atoms with Crippen LogP contribution in [0.1, 0.15) is 31.9 Å². The Balaban J connectivity index is 2.59. The summed E-state index contributed by atoms with van der Waals surface area (Å²) in [5.41, 5.74) is 1.16. The van der Waals surface area contributed by atoms with Crippen LogP contribution >= 0.6 is 0 Å². The first-order valence-corrected chi connectivity index (χ1v) is 4.83. The summed E-state index contributed by atoms with van der Waals surface area (Å²) in [5.74, 6) is 0. The van der Waals surface area contributed by atoms with Crippen LogP contribution in [0.4, 0.5) is 0 Å². The summed E-state index contributed by atoms with van der Waals surface area (Å²) in [4.78, 5) is 3.95. The molecule has 0 aliphatic carbocycles. The number of hydrogen-bond donors (Lipinski definition) is 1. The van der Waals surface area contributed by atoms with Gasteiger partial charge in [-0.25, -0.2) is 0 Å². The lowest BCUT2D eigenvalue weighted by Gasteiger charge is -2.16. The van der Waals surface area contributed by atoms with E-state index in [1.54, 1.807) is 12.4 Å². The highest BCUT2D eigenvalue weighted by Gasteiger charge is 2.09. The van der Waals surface area contributed by atoms with Crippen LogP contribution < -0.4 is 5.32 Å². The molecule has 0 spiro atoms. The van der Waals surface area contributed by atoms with E-state index in [2.05, 4.69) is 23.3 Å². The molecular weight excluding hydrogens is 174 g/mol. The third-order valence-electron chi connectivity index (χ3n) is 2.22. The number of aromatic nitrogens is 1. The van der Waals surface area contributed by atoms with E-state index >= 15 is 0 Å². The first kappa shape index (κ1) is 10.7. The summed E-state index contributed by atoms with van der Waals surface area (Å²) in [5, 5.41) is 12.0. The molecule has 0 aromatic carbocycles. The fourth-order valence-electron chi connectivity index (χ4n) is 1.30. The van der Waals surface area contributed by atoms with Gasteiger partial charge in [0, 0.05) is 18.4 Å². The van der Waals surface area contributed by atoms with Crippen LogP contribution in [0.5, 0.6) is 0 Å². The maximum absolute atomic E-state index is 8.80. The van der Waals surface area contributed by atoms with Crippen molar-refractivity contribution in [1.82, 2.24) is 10.3 Å². The Morgan fingerprint density at radius 3 is 2.64 bits per heavy atom. The zero-order valence-corrected chi connectivity index (χ0v) is 8.57. The lowest BCUT2D eigenvalue weighted by atomic mass is 10.1. The molecule has 0 aliphatic heterocycles. The van der Waals surface area contributed by atoms with E-state index in [0.29, 0.717) is 0 Å². The number of nitrogens with one attached hydrogen (secondary N) is 1. The summed E-state index contributed by atoms with van der Waals surface area (Å²) in [6.45, 7) is 4.05. The number of hydrogen-bond acceptors (Lipinski definition) is 3. The van der Waals surface area contributed by atoms with Crippen LogP contribution in [0.25, 0.3) is 0 Å². The Hall–Kier alpha value is -1.40. The topological polar surface area (TPSA) is 48.7 Å². The highest BCUT2D eigenvalue weighted by Crippen LogP contribution is 2.11. The van der Waals surface area contributed by atoms with Gasteiger partial charge < -0.3 is 0 Å². The molecule has 0 fully saturated rings. The summed E-state index contributed by atoms with van der Waals surface area (Å²) < 4.78 is 0. The molecule has 2 atom stereocenters. The molecule has 74 valence electrons. The monoisotopic (exact) mass is 189 g/mol. The molecule has 1 aromatic heterocycles. The van der Waals surface area contributed by atoms with Gasteiger partial charge in [-0.2, -0.15) is 5.26 Å². The van der Waals surface area contributed by atoms with Crippen LogP contribution in [0.2, 0.25) is 0 Å². The lowest BCUT2D eigenvalue weighted by Crippen LogP contribution is -2.29. The average Bonchev–Trinajstić information content (AvgIpc) is 2.26. The molecule has 0 saturated heterocycles. The van der Waals surface area contributed by atoms with Crippen molar-refractivity contribution < 1.29 is 0 Å². The molecule has 0 bridgehead atoms. The average molecular weight is 189 g/mol. The zero-order valence-electron chi connectivity index (χ0n) is 8.57. The maximum Gasteiger partial charge on any atom is 0.0954 e. The van der Waals surface area contributed by atoms with Crippen LogP contribution in [0.3, 0.4) is 0 Å². The first-order valence-electron chi connectivity index (χ1n) is 4.83. The Labute approximate surface area is 84.8 Å². The van der Waals surface area contributed by atoms with Gasteiger partial charge in [0.25, 0.3) is 0 Å². The van der Waals surface area contributed by atoms with Crippen molar-refractivity contribution in [2.24, 2.45) is 0 Å². The highest BCUT2D eigenvalue weighted by molar-refractivity contribution is 5.14. The highest BCUT2D eigenvalue weighted by atomic mass is 14.9. The molecule has 0 amide bonds. The zero-order chi connectivity index (χ0) is 10.4. The van der Waals surface area contributed by atoms with Crippen molar-refractivity contribution >= 4 is 0 Å². The summed E-state index contributed by atoms with van der Waals surface area (Å²) in [7, 11) is 0. The Morgan fingerprint density at radius 2 is 2.14 bits per heavy atom. The van der Waals surface area contributed by atoms with Gasteiger partial charge in [0.1, 0.15) is 0 Å². The third-order valence-corrected chi connectivity index (χ3v) is 2.22. The second kappa shape index (κ2) is 5.36. The summed E-state index contributed by atoms with van der Waals surface area (Å²) in [6.07, 6.45) is 4.35. The molecule has 0 aliphatic rings. The minimum atomic E-state index is -0.0711. The van der Waals surface area contributed by atoms with E-state index in [-0.39, 0.29) is 12.1 Å². The van der Waals surface area contributed by atoms with Gasteiger partial charge in [0.2, 0.25) is 0 Å². The Kier molecular flexibility index (Phi) is 4.09. The molecule has 1 N–H and O–H groups in total. The van der Waals surface area contributed by atoms with Crippen LogP contribution in [-0.4, -0.2) is 11.0 Å². The van der Waals surface area contributed by atoms with Crippen molar-refractivity contribution in [1.29, 1.82) is 5.26 Å². The predicted octanol–water partition coefficient (Wildman–Crippen LogP) is 2.03. The van der Waals surface area contributed by atoms with E-state index in [1.807, 2.05) is 19.1 Å². The van der Waals surface area contributed by atoms with E-state index in [4.69, 9.17) is 5.26 Å². The summed E-state index contributed by atoms with van der Waals surface area (Å²) >= 11 is 0. The first-order chi connectivity index (χ1) is 6.77. The van der Waals surface area contributed by atoms with Crippen LogP contribution in [0, 0.1) is 11.3 Å². The quantitative estimate of drug-likeness (QED) is 0.788. The number of nitriles is 1. The lowest BCUT2D eigenvalue weighted by molar-refractivity contribution is 0.508. The molecule has 0 radical (unpaired) electrons. The van der Waals surface area contributed by atoms with Gasteiger partial charge in [-0.05, 0) is 31.0 Å². The molecule has 3 nitrogen and oxygen atoms in total. The van der Waals surface area contributed by atoms with E-state index < -0.39 is 0 Å².